The van der Waals surface area contributed by atoms with Crippen molar-refractivity contribution >= 4 is 11.4 Å². The van der Waals surface area contributed by atoms with E-state index in [1.165, 1.54) is 16.7 Å². The largest absolute Gasteiger partial charge is 0.399 e. The van der Waals surface area contributed by atoms with E-state index in [-0.39, 0.29) is 0 Å². The van der Waals surface area contributed by atoms with Gasteiger partial charge in [-0.3, -0.25) is 0 Å². The van der Waals surface area contributed by atoms with E-state index in [1.807, 2.05) is 12.1 Å². The molecule has 2 nitrogen and oxygen atoms in total. The van der Waals surface area contributed by atoms with Crippen molar-refractivity contribution in [3.05, 3.63) is 59.2 Å². The van der Waals surface area contributed by atoms with Crippen molar-refractivity contribution in [3.63, 3.8) is 0 Å². The highest BCUT2D eigenvalue weighted by molar-refractivity contribution is 5.56. The SMILES string of the molecule is Cc1cccc(CCNc2cc(C)cc(N)c2)c1. The van der Waals surface area contributed by atoms with E-state index in [1.54, 1.807) is 0 Å². The van der Waals surface area contributed by atoms with Gasteiger partial charge < -0.3 is 11.1 Å². The highest BCUT2D eigenvalue weighted by Gasteiger charge is 1.97. The second-order valence-corrected chi connectivity index (χ2v) is 4.80. The molecule has 0 unspecified atom stereocenters. The third-order valence-corrected chi connectivity index (χ3v) is 2.92. The van der Waals surface area contributed by atoms with Gasteiger partial charge in [-0.25, -0.2) is 0 Å². The summed E-state index contributed by atoms with van der Waals surface area (Å²) >= 11 is 0. The highest BCUT2D eigenvalue weighted by atomic mass is 14.9. The van der Waals surface area contributed by atoms with Crippen LogP contribution < -0.4 is 11.1 Å². The zero-order chi connectivity index (χ0) is 13.0. The predicted octanol–water partition coefficient (Wildman–Crippen LogP) is 3.54. The monoisotopic (exact) mass is 240 g/mol. The van der Waals surface area contributed by atoms with Gasteiger partial charge in [-0.15, -0.1) is 0 Å². The Morgan fingerprint density at radius 2 is 1.83 bits per heavy atom. The Morgan fingerprint density at radius 3 is 2.56 bits per heavy atom. The third kappa shape index (κ3) is 3.52. The molecule has 2 rings (SSSR count). The number of hydrogen-bond donors (Lipinski definition) is 2. The van der Waals surface area contributed by atoms with Crippen LogP contribution in [0.5, 0.6) is 0 Å². The molecule has 3 N–H and O–H groups in total. The molecule has 0 aliphatic heterocycles. The maximum atomic E-state index is 5.82. The second kappa shape index (κ2) is 5.58. The molecule has 0 spiro atoms. The van der Waals surface area contributed by atoms with E-state index in [2.05, 4.69) is 49.5 Å². The summed E-state index contributed by atoms with van der Waals surface area (Å²) in [7, 11) is 0. The molecule has 2 aromatic carbocycles. The van der Waals surface area contributed by atoms with Crippen molar-refractivity contribution < 1.29 is 0 Å². The van der Waals surface area contributed by atoms with E-state index in [0.717, 1.165) is 24.3 Å². The quantitative estimate of drug-likeness (QED) is 0.802. The summed E-state index contributed by atoms with van der Waals surface area (Å²) in [5.74, 6) is 0. The normalized spacial score (nSPS) is 10.3. The van der Waals surface area contributed by atoms with E-state index < -0.39 is 0 Å². The molecule has 18 heavy (non-hydrogen) atoms. The van der Waals surface area contributed by atoms with Crippen molar-refractivity contribution in [1.29, 1.82) is 0 Å². The molecule has 2 heteroatoms. The van der Waals surface area contributed by atoms with Crippen LogP contribution in [0.4, 0.5) is 11.4 Å². The Hall–Kier alpha value is -1.96. The van der Waals surface area contributed by atoms with Crippen LogP contribution in [0.3, 0.4) is 0 Å². The summed E-state index contributed by atoms with van der Waals surface area (Å²) in [6, 6.07) is 14.7. The van der Waals surface area contributed by atoms with Crippen LogP contribution >= 0.6 is 0 Å². The first-order valence-electron chi connectivity index (χ1n) is 6.30. The molecule has 0 saturated carbocycles. The molecule has 0 atom stereocenters. The Labute approximate surface area is 109 Å². The number of hydrogen-bond acceptors (Lipinski definition) is 2. The average Bonchev–Trinajstić information content (AvgIpc) is 2.27. The summed E-state index contributed by atoms with van der Waals surface area (Å²) in [5, 5.41) is 3.41. The number of nitrogens with one attached hydrogen (secondary N) is 1. The van der Waals surface area contributed by atoms with E-state index >= 15 is 0 Å². The Morgan fingerprint density at radius 1 is 1.00 bits per heavy atom. The van der Waals surface area contributed by atoms with E-state index in [4.69, 9.17) is 5.73 Å². The lowest BCUT2D eigenvalue weighted by molar-refractivity contribution is 1.02. The molecule has 0 bridgehead atoms. The average molecular weight is 240 g/mol. The van der Waals surface area contributed by atoms with Crippen molar-refractivity contribution in [2.45, 2.75) is 20.3 Å². The fourth-order valence-corrected chi connectivity index (χ4v) is 2.13. The minimum absolute atomic E-state index is 0.813. The number of nitrogens with two attached hydrogens (primary N) is 1. The number of nitrogen functional groups attached to an aromatic ring is 1. The van der Waals surface area contributed by atoms with E-state index in [9.17, 15) is 0 Å². The Balaban J connectivity index is 1.92. The third-order valence-electron chi connectivity index (χ3n) is 2.92. The molecule has 2 aromatic rings. The van der Waals surface area contributed by atoms with Gasteiger partial charge in [-0.2, -0.15) is 0 Å². The van der Waals surface area contributed by atoms with Crippen LogP contribution in [0.2, 0.25) is 0 Å². The maximum absolute atomic E-state index is 5.82. The summed E-state index contributed by atoms with van der Waals surface area (Å²) in [4.78, 5) is 0. The first kappa shape index (κ1) is 12.5. The van der Waals surface area contributed by atoms with Crippen molar-refractivity contribution in [1.82, 2.24) is 0 Å². The summed E-state index contributed by atoms with van der Waals surface area (Å²) in [6.07, 6.45) is 1.02. The first-order valence-corrected chi connectivity index (χ1v) is 6.30. The molecular weight excluding hydrogens is 220 g/mol. The second-order valence-electron chi connectivity index (χ2n) is 4.80. The number of anilines is 2. The molecule has 0 amide bonds. The van der Waals surface area contributed by atoms with Crippen LogP contribution in [0, 0.1) is 13.8 Å². The maximum Gasteiger partial charge on any atom is 0.0363 e. The van der Waals surface area contributed by atoms with Gasteiger partial charge in [0, 0.05) is 17.9 Å². The van der Waals surface area contributed by atoms with Crippen LogP contribution in [-0.2, 0) is 6.42 Å². The van der Waals surface area contributed by atoms with Gasteiger partial charge >= 0.3 is 0 Å². The molecule has 0 aliphatic carbocycles. The molecule has 0 fully saturated rings. The van der Waals surface area contributed by atoms with Crippen LogP contribution in [0.15, 0.2) is 42.5 Å². The number of aryl methyl sites for hydroxylation is 2. The molecular formula is C16H20N2. The number of rotatable bonds is 4. The van der Waals surface area contributed by atoms with Gasteiger partial charge in [0.2, 0.25) is 0 Å². The minimum atomic E-state index is 0.813. The molecule has 0 aromatic heterocycles. The van der Waals surface area contributed by atoms with Gasteiger partial charge in [0.25, 0.3) is 0 Å². The van der Waals surface area contributed by atoms with Gasteiger partial charge in [0.05, 0.1) is 0 Å². The summed E-state index contributed by atoms with van der Waals surface area (Å²) in [5.41, 5.74) is 11.6. The first-order chi connectivity index (χ1) is 8.63. The molecule has 94 valence electrons. The zero-order valence-corrected chi connectivity index (χ0v) is 11.0. The lowest BCUT2D eigenvalue weighted by atomic mass is 10.1. The topological polar surface area (TPSA) is 38.0 Å². The lowest BCUT2D eigenvalue weighted by Crippen LogP contribution is -2.05. The van der Waals surface area contributed by atoms with Crippen molar-refractivity contribution in [3.8, 4) is 0 Å². The van der Waals surface area contributed by atoms with Crippen LogP contribution in [-0.4, -0.2) is 6.54 Å². The fraction of sp³-hybridized carbons (Fsp3) is 0.250. The van der Waals surface area contributed by atoms with Gasteiger partial charge in [-0.05, 0) is 49.6 Å². The molecule has 0 saturated heterocycles. The predicted molar refractivity (Wildman–Crippen MR) is 79.0 cm³/mol. The summed E-state index contributed by atoms with van der Waals surface area (Å²) < 4.78 is 0. The van der Waals surface area contributed by atoms with Crippen LogP contribution in [0.25, 0.3) is 0 Å². The highest BCUT2D eigenvalue weighted by Crippen LogP contribution is 2.16. The summed E-state index contributed by atoms with van der Waals surface area (Å²) in [6.45, 7) is 5.10. The lowest BCUT2D eigenvalue weighted by Gasteiger charge is -2.09. The Bertz CT molecular complexity index is 512. The van der Waals surface area contributed by atoms with E-state index in [0.29, 0.717) is 0 Å². The van der Waals surface area contributed by atoms with Gasteiger partial charge in [-0.1, -0.05) is 29.8 Å². The molecule has 0 heterocycles. The zero-order valence-electron chi connectivity index (χ0n) is 11.0. The molecule has 0 aliphatic rings. The molecule has 0 radical (unpaired) electrons. The van der Waals surface area contributed by atoms with Gasteiger partial charge in [0.1, 0.15) is 0 Å². The van der Waals surface area contributed by atoms with Crippen molar-refractivity contribution in [2.24, 2.45) is 0 Å². The standard InChI is InChI=1S/C16H20N2/c1-12-4-3-5-14(8-12)6-7-18-16-10-13(2)9-15(17)11-16/h3-5,8-11,18H,6-7,17H2,1-2H3. The smallest absolute Gasteiger partial charge is 0.0363 e. The number of benzene rings is 2. The van der Waals surface area contributed by atoms with Crippen molar-refractivity contribution in [2.75, 3.05) is 17.6 Å². The Kier molecular flexibility index (Phi) is 3.88. The minimum Gasteiger partial charge on any atom is -0.399 e. The van der Waals surface area contributed by atoms with Crippen LogP contribution in [0.1, 0.15) is 16.7 Å². The van der Waals surface area contributed by atoms with Gasteiger partial charge in [0.15, 0.2) is 0 Å². The fourth-order valence-electron chi connectivity index (χ4n) is 2.13.